The molecule has 0 bridgehead atoms. The Hall–Kier alpha value is -3.94. The Labute approximate surface area is 191 Å². The number of fused-ring (bicyclic) bond motifs is 2. The topological polar surface area (TPSA) is 85.2 Å². The largest absolute Gasteiger partial charge is 0.493 e. The van der Waals surface area contributed by atoms with Crippen molar-refractivity contribution in [2.75, 3.05) is 23.4 Å². The van der Waals surface area contributed by atoms with Crippen LogP contribution in [0.1, 0.15) is 24.8 Å². The normalized spacial score (nSPS) is 17.6. The maximum absolute atomic E-state index is 13.4. The van der Waals surface area contributed by atoms with E-state index in [2.05, 4.69) is 25.3 Å². The van der Waals surface area contributed by atoms with Gasteiger partial charge in [-0.05, 0) is 55.2 Å². The molecule has 2 aliphatic rings. The third-order valence-corrected chi connectivity index (χ3v) is 6.38. The molecule has 8 nitrogen and oxygen atoms in total. The number of para-hydroxylation sites is 1. The number of amides is 1. The number of nitrogens with one attached hydrogen (secondary N) is 1. The molecule has 1 fully saturated rings. The van der Waals surface area contributed by atoms with Crippen LogP contribution in [-0.2, 0) is 11.2 Å². The van der Waals surface area contributed by atoms with Crippen LogP contribution < -0.4 is 15.0 Å². The van der Waals surface area contributed by atoms with Gasteiger partial charge in [-0.15, -0.1) is 0 Å². The molecule has 33 heavy (non-hydrogen) atoms. The van der Waals surface area contributed by atoms with Crippen LogP contribution in [0.25, 0.3) is 16.7 Å². The van der Waals surface area contributed by atoms with Gasteiger partial charge in [-0.3, -0.25) is 4.79 Å². The smallest absolute Gasteiger partial charge is 0.247 e. The number of carbonyl (C=O) groups excluding carboxylic acids is 1. The van der Waals surface area contributed by atoms with Crippen molar-refractivity contribution in [1.82, 2.24) is 19.7 Å². The Morgan fingerprint density at radius 3 is 2.91 bits per heavy atom. The summed E-state index contributed by atoms with van der Waals surface area (Å²) in [6, 6.07) is 15.5. The second-order valence-corrected chi connectivity index (χ2v) is 8.44. The van der Waals surface area contributed by atoms with Gasteiger partial charge >= 0.3 is 0 Å². The first-order valence-electron chi connectivity index (χ1n) is 11.4. The van der Waals surface area contributed by atoms with Gasteiger partial charge in [-0.25, -0.2) is 14.6 Å². The summed E-state index contributed by atoms with van der Waals surface area (Å²) in [4.78, 5) is 24.6. The van der Waals surface area contributed by atoms with Crippen LogP contribution in [0.15, 0.2) is 61.1 Å². The first kappa shape index (κ1) is 19.7. The van der Waals surface area contributed by atoms with Crippen molar-refractivity contribution in [3.63, 3.8) is 0 Å². The average Bonchev–Trinajstić information content (AvgIpc) is 3.51. The molecule has 2 aromatic heterocycles. The Kier molecular flexibility index (Phi) is 4.90. The van der Waals surface area contributed by atoms with E-state index in [0.29, 0.717) is 6.61 Å². The molecule has 0 spiro atoms. The summed E-state index contributed by atoms with van der Waals surface area (Å²) in [5, 5.41) is 8.53. The van der Waals surface area contributed by atoms with E-state index in [-0.39, 0.29) is 11.9 Å². The van der Waals surface area contributed by atoms with E-state index in [4.69, 9.17) is 4.74 Å². The lowest BCUT2D eigenvalue weighted by atomic mass is 10.0. The lowest BCUT2D eigenvalue weighted by Crippen LogP contribution is -2.47. The minimum Gasteiger partial charge on any atom is -0.493 e. The van der Waals surface area contributed by atoms with Crippen LogP contribution in [0.2, 0.25) is 0 Å². The number of hydrogen-bond donors (Lipinski definition) is 1. The Morgan fingerprint density at radius 1 is 1.09 bits per heavy atom. The molecule has 1 saturated heterocycles. The third kappa shape index (κ3) is 3.57. The summed E-state index contributed by atoms with van der Waals surface area (Å²) < 4.78 is 7.39. The lowest BCUT2D eigenvalue weighted by molar-refractivity contribution is -0.117. The zero-order chi connectivity index (χ0) is 22.2. The van der Waals surface area contributed by atoms with Gasteiger partial charge in [0, 0.05) is 18.7 Å². The zero-order valence-corrected chi connectivity index (χ0v) is 18.1. The molecule has 0 radical (unpaired) electrons. The SMILES string of the molecule is O=C(Nc1ccc2c(c1)CCO2)[C@@H]1CCCCN1c1ncnc2c1cnn2-c1ccccc1. The number of aromatic nitrogens is 4. The van der Waals surface area contributed by atoms with E-state index in [1.54, 1.807) is 12.5 Å². The second kappa shape index (κ2) is 8.20. The van der Waals surface area contributed by atoms with E-state index >= 15 is 0 Å². The molecule has 2 aliphatic heterocycles. The highest BCUT2D eigenvalue weighted by atomic mass is 16.5. The predicted molar refractivity (Wildman–Crippen MR) is 126 cm³/mol. The first-order chi connectivity index (χ1) is 16.3. The summed E-state index contributed by atoms with van der Waals surface area (Å²) in [5.41, 5.74) is 3.61. The number of ether oxygens (including phenoxy) is 1. The fourth-order valence-electron chi connectivity index (χ4n) is 4.77. The van der Waals surface area contributed by atoms with Crippen LogP contribution >= 0.6 is 0 Å². The average molecular weight is 441 g/mol. The molecule has 4 aromatic rings. The van der Waals surface area contributed by atoms with Gasteiger partial charge in [-0.1, -0.05) is 18.2 Å². The summed E-state index contributed by atoms with van der Waals surface area (Å²) in [6.07, 6.45) is 7.02. The van der Waals surface area contributed by atoms with E-state index < -0.39 is 0 Å². The van der Waals surface area contributed by atoms with Gasteiger partial charge < -0.3 is 15.0 Å². The zero-order valence-electron chi connectivity index (χ0n) is 18.1. The molecule has 0 aliphatic carbocycles. The van der Waals surface area contributed by atoms with Gasteiger partial charge in [0.15, 0.2) is 5.65 Å². The highest BCUT2D eigenvalue weighted by molar-refractivity contribution is 5.99. The minimum atomic E-state index is -0.304. The standard InChI is InChI=1S/C25H24N6O2/c32-25(29-18-9-10-22-17(14-18)11-13-33-22)21-8-4-5-12-30(21)23-20-15-28-31(24(20)27-16-26-23)19-6-2-1-3-7-19/h1-3,6-7,9-10,14-16,21H,4-5,8,11-13H2,(H,29,32)/t21-/m0/s1. The Balaban J connectivity index is 1.31. The molecule has 1 N–H and O–H groups in total. The maximum atomic E-state index is 13.4. The maximum Gasteiger partial charge on any atom is 0.247 e. The monoisotopic (exact) mass is 440 g/mol. The molecule has 1 atom stereocenters. The van der Waals surface area contributed by atoms with Crippen LogP contribution in [-0.4, -0.2) is 44.8 Å². The summed E-state index contributed by atoms with van der Waals surface area (Å²) in [6.45, 7) is 1.46. The number of carbonyl (C=O) groups is 1. The molecule has 0 saturated carbocycles. The highest BCUT2D eigenvalue weighted by Gasteiger charge is 2.31. The van der Waals surface area contributed by atoms with E-state index in [0.717, 1.165) is 71.8 Å². The van der Waals surface area contributed by atoms with Crippen molar-refractivity contribution < 1.29 is 9.53 Å². The van der Waals surface area contributed by atoms with E-state index in [9.17, 15) is 4.79 Å². The van der Waals surface area contributed by atoms with Gasteiger partial charge in [0.25, 0.3) is 0 Å². The quantitative estimate of drug-likeness (QED) is 0.520. The molecule has 8 heteroatoms. The van der Waals surface area contributed by atoms with Crippen molar-refractivity contribution in [2.45, 2.75) is 31.7 Å². The minimum absolute atomic E-state index is 0.0178. The number of hydrogen-bond acceptors (Lipinski definition) is 6. The van der Waals surface area contributed by atoms with Crippen LogP contribution in [0.5, 0.6) is 5.75 Å². The molecule has 2 aromatic carbocycles. The lowest BCUT2D eigenvalue weighted by Gasteiger charge is -2.35. The van der Waals surface area contributed by atoms with Gasteiger partial charge in [0.1, 0.15) is 23.9 Å². The molecule has 1 amide bonds. The number of anilines is 2. The van der Waals surface area contributed by atoms with Crippen LogP contribution in [0.3, 0.4) is 0 Å². The molecular formula is C25H24N6O2. The van der Waals surface area contributed by atoms with E-state index in [1.807, 2.05) is 53.2 Å². The molecule has 166 valence electrons. The molecular weight excluding hydrogens is 416 g/mol. The van der Waals surface area contributed by atoms with Crippen molar-refractivity contribution >= 4 is 28.4 Å². The Bertz CT molecular complexity index is 1320. The molecule has 6 rings (SSSR count). The second-order valence-electron chi connectivity index (χ2n) is 8.44. The summed E-state index contributed by atoms with van der Waals surface area (Å²) in [5.74, 6) is 1.64. The molecule has 0 unspecified atom stereocenters. The number of nitrogens with zero attached hydrogens (tertiary/aromatic N) is 5. The van der Waals surface area contributed by atoms with Crippen LogP contribution in [0.4, 0.5) is 11.5 Å². The van der Waals surface area contributed by atoms with Gasteiger partial charge in [0.2, 0.25) is 5.91 Å². The fraction of sp³-hybridized carbons (Fsp3) is 0.280. The number of rotatable bonds is 4. The highest BCUT2D eigenvalue weighted by Crippen LogP contribution is 2.31. The third-order valence-electron chi connectivity index (χ3n) is 6.38. The van der Waals surface area contributed by atoms with Crippen molar-refractivity contribution in [3.05, 3.63) is 66.6 Å². The van der Waals surface area contributed by atoms with Crippen molar-refractivity contribution in [3.8, 4) is 11.4 Å². The van der Waals surface area contributed by atoms with Crippen molar-refractivity contribution in [2.24, 2.45) is 0 Å². The van der Waals surface area contributed by atoms with E-state index in [1.165, 1.54) is 0 Å². The number of piperidine rings is 1. The number of benzene rings is 2. The molecule has 4 heterocycles. The fourth-order valence-corrected chi connectivity index (χ4v) is 4.77. The van der Waals surface area contributed by atoms with Gasteiger partial charge in [0.05, 0.1) is 23.9 Å². The Morgan fingerprint density at radius 2 is 2.00 bits per heavy atom. The summed E-state index contributed by atoms with van der Waals surface area (Å²) >= 11 is 0. The van der Waals surface area contributed by atoms with Gasteiger partial charge in [-0.2, -0.15) is 5.10 Å². The van der Waals surface area contributed by atoms with Crippen LogP contribution in [0, 0.1) is 0 Å². The summed E-state index contributed by atoms with van der Waals surface area (Å²) in [7, 11) is 0. The van der Waals surface area contributed by atoms with Crippen molar-refractivity contribution in [1.29, 1.82) is 0 Å². The predicted octanol–water partition coefficient (Wildman–Crippen LogP) is 3.75. The first-order valence-corrected chi connectivity index (χ1v) is 11.4.